The number of anilines is 1. The Morgan fingerprint density at radius 1 is 1.07 bits per heavy atom. The molecule has 0 aliphatic heterocycles. The lowest BCUT2D eigenvalue weighted by atomic mass is 9.86. The second kappa shape index (κ2) is 8.73. The first kappa shape index (κ1) is 20.3. The molecular weight excluding hydrogens is 379 g/mol. The molecule has 150 valence electrons. The lowest BCUT2D eigenvalue weighted by molar-refractivity contribution is -0.120. The summed E-state index contributed by atoms with van der Waals surface area (Å²) in [5.74, 6) is -0.877. The van der Waals surface area contributed by atoms with Crippen LogP contribution in [0.5, 0.6) is 0 Å². The fourth-order valence-corrected chi connectivity index (χ4v) is 5.08. The molecule has 1 amide bonds. The molecule has 1 saturated carbocycles. The van der Waals surface area contributed by atoms with Crippen molar-refractivity contribution in [3.63, 3.8) is 0 Å². The first-order chi connectivity index (χ1) is 13.4. The predicted octanol–water partition coefficient (Wildman–Crippen LogP) is 3.72. The van der Waals surface area contributed by atoms with Gasteiger partial charge in [0.15, 0.2) is 0 Å². The number of rotatable bonds is 6. The largest absolute Gasteiger partial charge is 0.352 e. The Balaban J connectivity index is 1.88. The zero-order valence-electron chi connectivity index (χ0n) is 15.8. The van der Waals surface area contributed by atoms with Crippen LogP contribution in [0.1, 0.15) is 32.6 Å². The summed E-state index contributed by atoms with van der Waals surface area (Å²) in [7, 11) is -4.24. The van der Waals surface area contributed by atoms with Crippen molar-refractivity contribution in [1.29, 1.82) is 0 Å². The average molecular weight is 405 g/mol. The fraction of sp³-hybridized carbons (Fsp3) is 0.381. The highest BCUT2D eigenvalue weighted by atomic mass is 32.2. The molecule has 3 rings (SSSR count). The van der Waals surface area contributed by atoms with E-state index in [-0.39, 0.29) is 11.9 Å². The van der Waals surface area contributed by atoms with Gasteiger partial charge >= 0.3 is 0 Å². The van der Waals surface area contributed by atoms with Crippen molar-refractivity contribution in [3.05, 3.63) is 60.4 Å². The second-order valence-corrected chi connectivity index (χ2v) is 9.04. The highest BCUT2D eigenvalue weighted by Gasteiger charge is 2.31. The Hall–Kier alpha value is -2.41. The first-order valence-electron chi connectivity index (χ1n) is 9.51. The lowest BCUT2D eigenvalue weighted by Crippen LogP contribution is -2.47. The third-order valence-electron chi connectivity index (χ3n) is 5.19. The van der Waals surface area contributed by atoms with Crippen LogP contribution in [0.15, 0.2) is 59.5 Å². The van der Waals surface area contributed by atoms with Gasteiger partial charge in [0.25, 0.3) is 10.0 Å². The molecule has 2 aromatic rings. The number of nitrogens with one attached hydrogen (secondary N) is 1. The molecule has 0 radical (unpaired) electrons. The summed E-state index contributed by atoms with van der Waals surface area (Å²) in [4.78, 5) is 12.2. The third kappa shape index (κ3) is 4.52. The van der Waals surface area contributed by atoms with E-state index in [0.717, 1.165) is 36.1 Å². The molecule has 0 heterocycles. The second-order valence-electron chi connectivity index (χ2n) is 7.21. The van der Waals surface area contributed by atoms with Crippen LogP contribution in [-0.2, 0) is 14.8 Å². The van der Waals surface area contributed by atoms with E-state index in [1.165, 1.54) is 18.2 Å². The fourth-order valence-electron chi connectivity index (χ4n) is 3.60. The zero-order valence-corrected chi connectivity index (χ0v) is 16.7. The van der Waals surface area contributed by atoms with Crippen LogP contribution in [0.4, 0.5) is 10.1 Å². The number of amides is 1. The molecule has 5 nitrogen and oxygen atoms in total. The SMILES string of the molecule is C[C@H]1CCCC[C@@H]1NC(=O)CN(c1ccccc1)S(=O)(=O)c1ccccc1F. The Kier molecular flexibility index (Phi) is 6.34. The van der Waals surface area contributed by atoms with Gasteiger partial charge in [0.1, 0.15) is 17.3 Å². The highest BCUT2D eigenvalue weighted by molar-refractivity contribution is 7.92. The Labute approximate surface area is 165 Å². The van der Waals surface area contributed by atoms with E-state index in [2.05, 4.69) is 12.2 Å². The van der Waals surface area contributed by atoms with Crippen molar-refractivity contribution in [2.75, 3.05) is 10.8 Å². The van der Waals surface area contributed by atoms with Gasteiger partial charge < -0.3 is 5.32 Å². The van der Waals surface area contributed by atoms with Crippen LogP contribution < -0.4 is 9.62 Å². The van der Waals surface area contributed by atoms with Crippen molar-refractivity contribution in [1.82, 2.24) is 5.32 Å². The number of nitrogens with zero attached hydrogens (tertiary/aromatic N) is 1. The summed E-state index contributed by atoms with van der Waals surface area (Å²) in [6, 6.07) is 13.5. The molecule has 1 fully saturated rings. The van der Waals surface area contributed by atoms with Crippen LogP contribution >= 0.6 is 0 Å². The molecule has 2 aromatic carbocycles. The summed E-state index contributed by atoms with van der Waals surface area (Å²) in [6.07, 6.45) is 4.12. The maximum atomic E-state index is 14.2. The molecule has 7 heteroatoms. The third-order valence-corrected chi connectivity index (χ3v) is 7.00. The average Bonchev–Trinajstić information content (AvgIpc) is 2.68. The molecule has 0 aromatic heterocycles. The number of hydrogen-bond acceptors (Lipinski definition) is 3. The van der Waals surface area contributed by atoms with Gasteiger partial charge in [0.05, 0.1) is 5.69 Å². The number of sulfonamides is 1. The van der Waals surface area contributed by atoms with Gasteiger partial charge in [-0.2, -0.15) is 0 Å². The van der Waals surface area contributed by atoms with Gasteiger partial charge in [-0.25, -0.2) is 12.8 Å². The molecule has 1 aliphatic rings. The first-order valence-corrected chi connectivity index (χ1v) is 11.0. The van der Waals surface area contributed by atoms with Gasteiger partial charge in [-0.15, -0.1) is 0 Å². The molecular formula is C21H25FN2O3S. The standard InChI is InChI=1S/C21H25FN2O3S/c1-16-9-5-7-13-19(16)23-21(25)15-24(17-10-3-2-4-11-17)28(26,27)20-14-8-6-12-18(20)22/h2-4,6,8,10-12,14,16,19H,5,7,9,13,15H2,1H3,(H,23,25)/t16-,19-/m0/s1. The highest BCUT2D eigenvalue weighted by Crippen LogP contribution is 2.26. The number of para-hydroxylation sites is 1. The van der Waals surface area contributed by atoms with Crippen molar-refractivity contribution in [2.45, 2.75) is 43.5 Å². The number of hydrogen-bond donors (Lipinski definition) is 1. The number of halogens is 1. The number of carbonyl (C=O) groups is 1. The van der Waals surface area contributed by atoms with Crippen molar-refractivity contribution in [3.8, 4) is 0 Å². The summed E-state index contributed by atoms with van der Waals surface area (Å²) in [6.45, 7) is 1.69. The minimum absolute atomic E-state index is 0.0371. The van der Waals surface area contributed by atoms with E-state index >= 15 is 0 Å². The van der Waals surface area contributed by atoms with Crippen molar-refractivity contribution < 1.29 is 17.6 Å². The van der Waals surface area contributed by atoms with Gasteiger partial charge in [-0.1, -0.05) is 50.1 Å². The van der Waals surface area contributed by atoms with Crippen LogP contribution in [0, 0.1) is 11.7 Å². The Morgan fingerprint density at radius 3 is 2.39 bits per heavy atom. The number of carbonyl (C=O) groups excluding carboxylic acids is 1. The van der Waals surface area contributed by atoms with Gasteiger partial charge in [0, 0.05) is 6.04 Å². The van der Waals surface area contributed by atoms with E-state index in [1.54, 1.807) is 30.3 Å². The lowest BCUT2D eigenvalue weighted by Gasteiger charge is -2.31. The van der Waals surface area contributed by atoms with Crippen LogP contribution in [0.25, 0.3) is 0 Å². The van der Waals surface area contributed by atoms with E-state index in [9.17, 15) is 17.6 Å². The van der Waals surface area contributed by atoms with Crippen LogP contribution in [-0.4, -0.2) is 26.9 Å². The smallest absolute Gasteiger partial charge is 0.267 e. The minimum atomic E-state index is -4.24. The normalized spacial score (nSPS) is 19.8. The molecule has 0 bridgehead atoms. The maximum absolute atomic E-state index is 14.2. The van der Waals surface area contributed by atoms with Gasteiger partial charge in [0.2, 0.25) is 5.91 Å². The molecule has 2 atom stereocenters. The van der Waals surface area contributed by atoms with Crippen molar-refractivity contribution in [2.24, 2.45) is 5.92 Å². The van der Waals surface area contributed by atoms with Crippen LogP contribution in [0.2, 0.25) is 0 Å². The number of benzene rings is 2. The minimum Gasteiger partial charge on any atom is -0.352 e. The van der Waals surface area contributed by atoms with Gasteiger partial charge in [-0.05, 0) is 43.0 Å². The van der Waals surface area contributed by atoms with E-state index in [4.69, 9.17) is 0 Å². The van der Waals surface area contributed by atoms with Gasteiger partial charge in [-0.3, -0.25) is 9.10 Å². The van der Waals surface area contributed by atoms with Crippen molar-refractivity contribution >= 4 is 21.6 Å². The van der Waals surface area contributed by atoms with E-state index in [0.29, 0.717) is 11.6 Å². The predicted molar refractivity (Wildman–Crippen MR) is 107 cm³/mol. The Morgan fingerprint density at radius 2 is 1.71 bits per heavy atom. The molecule has 0 saturated heterocycles. The summed E-state index contributed by atoms with van der Waals surface area (Å²) >= 11 is 0. The molecule has 1 N–H and O–H groups in total. The quantitative estimate of drug-likeness (QED) is 0.798. The van der Waals surface area contributed by atoms with Crippen LogP contribution in [0.3, 0.4) is 0 Å². The molecule has 0 spiro atoms. The zero-order chi connectivity index (χ0) is 20.1. The summed E-state index contributed by atoms with van der Waals surface area (Å²) in [5, 5.41) is 2.97. The summed E-state index contributed by atoms with van der Waals surface area (Å²) < 4.78 is 41.5. The Bertz CT molecular complexity index is 918. The topological polar surface area (TPSA) is 66.5 Å². The van der Waals surface area contributed by atoms with E-state index < -0.39 is 27.3 Å². The molecule has 28 heavy (non-hydrogen) atoms. The molecule has 1 aliphatic carbocycles. The van der Waals surface area contributed by atoms with E-state index in [1.807, 2.05) is 0 Å². The summed E-state index contributed by atoms with van der Waals surface area (Å²) in [5.41, 5.74) is 0.317. The monoisotopic (exact) mass is 404 g/mol. The molecule has 0 unspecified atom stereocenters. The maximum Gasteiger partial charge on any atom is 0.267 e.